The van der Waals surface area contributed by atoms with Crippen LogP contribution in [0.2, 0.25) is 0 Å². The van der Waals surface area contributed by atoms with Gasteiger partial charge >= 0.3 is 0 Å². The number of para-hydroxylation sites is 1. The zero-order valence-corrected chi connectivity index (χ0v) is 11.6. The Morgan fingerprint density at radius 3 is 2.94 bits per heavy atom. The Balaban J connectivity index is 1.92. The van der Waals surface area contributed by atoms with Crippen molar-refractivity contribution in [2.75, 3.05) is 31.7 Å². The Morgan fingerprint density at radius 2 is 2.18 bits per heavy atom. The minimum atomic E-state index is 0.693. The van der Waals surface area contributed by atoms with Gasteiger partial charge in [-0.3, -0.25) is 0 Å². The lowest BCUT2D eigenvalue weighted by Crippen LogP contribution is -2.40. The van der Waals surface area contributed by atoms with Crippen molar-refractivity contribution in [3.63, 3.8) is 0 Å². The predicted octanol–water partition coefficient (Wildman–Crippen LogP) is 3.30. The topological polar surface area (TPSA) is 15.3 Å². The standard InChI is InChI=1S/C14H22N2S/c1-16-10-6-5-7-12(16)11-15-13-8-3-4-9-14(13)17-2/h3-4,8-9,12,15H,5-7,10-11H2,1-2H3. The summed E-state index contributed by atoms with van der Waals surface area (Å²) >= 11 is 1.81. The fraction of sp³-hybridized carbons (Fsp3) is 0.571. The van der Waals surface area contributed by atoms with E-state index in [1.807, 2.05) is 0 Å². The largest absolute Gasteiger partial charge is 0.383 e. The molecule has 17 heavy (non-hydrogen) atoms. The van der Waals surface area contributed by atoms with Gasteiger partial charge in [0.2, 0.25) is 0 Å². The lowest BCUT2D eigenvalue weighted by atomic mass is 10.0. The number of hydrogen-bond donors (Lipinski definition) is 1. The number of likely N-dealkylation sites (tertiary alicyclic amines) is 1. The zero-order chi connectivity index (χ0) is 12.1. The average molecular weight is 250 g/mol. The minimum absolute atomic E-state index is 0.693. The van der Waals surface area contributed by atoms with Crippen LogP contribution in [-0.4, -0.2) is 37.3 Å². The zero-order valence-electron chi connectivity index (χ0n) is 10.8. The van der Waals surface area contributed by atoms with E-state index in [0.717, 1.165) is 6.54 Å². The first-order valence-corrected chi connectivity index (χ1v) is 7.61. The van der Waals surface area contributed by atoms with Crippen molar-refractivity contribution in [3.8, 4) is 0 Å². The molecule has 0 spiro atoms. The van der Waals surface area contributed by atoms with Crippen molar-refractivity contribution in [3.05, 3.63) is 24.3 Å². The van der Waals surface area contributed by atoms with E-state index in [4.69, 9.17) is 0 Å². The molecule has 0 amide bonds. The smallest absolute Gasteiger partial charge is 0.0478 e. The summed E-state index contributed by atoms with van der Waals surface area (Å²) in [7, 11) is 2.24. The van der Waals surface area contributed by atoms with E-state index < -0.39 is 0 Å². The molecule has 2 nitrogen and oxygen atoms in total. The highest BCUT2D eigenvalue weighted by Crippen LogP contribution is 2.25. The molecule has 1 fully saturated rings. The number of likely N-dealkylation sites (N-methyl/N-ethyl adjacent to an activating group) is 1. The molecule has 0 saturated carbocycles. The summed E-state index contributed by atoms with van der Waals surface area (Å²) in [5.74, 6) is 0. The lowest BCUT2D eigenvalue weighted by molar-refractivity contribution is 0.194. The van der Waals surface area contributed by atoms with E-state index in [1.165, 1.54) is 36.4 Å². The fourth-order valence-electron chi connectivity index (χ4n) is 2.42. The molecular formula is C14H22N2S. The molecule has 1 N–H and O–H groups in total. The van der Waals surface area contributed by atoms with E-state index in [2.05, 4.69) is 47.8 Å². The van der Waals surface area contributed by atoms with Crippen LogP contribution in [0.3, 0.4) is 0 Å². The molecular weight excluding hydrogens is 228 g/mol. The van der Waals surface area contributed by atoms with Gasteiger partial charge in [0.15, 0.2) is 0 Å². The molecule has 1 aromatic rings. The van der Waals surface area contributed by atoms with E-state index in [-0.39, 0.29) is 0 Å². The van der Waals surface area contributed by atoms with Gasteiger partial charge in [-0.25, -0.2) is 0 Å². The number of piperidine rings is 1. The lowest BCUT2D eigenvalue weighted by Gasteiger charge is -2.32. The number of hydrogen-bond acceptors (Lipinski definition) is 3. The van der Waals surface area contributed by atoms with E-state index in [9.17, 15) is 0 Å². The first-order chi connectivity index (χ1) is 8.31. The SMILES string of the molecule is CSc1ccccc1NCC1CCCCN1C. The summed E-state index contributed by atoms with van der Waals surface area (Å²) in [4.78, 5) is 3.82. The highest BCUT2D eigenvalue weighted by Gasteiger charge is 2.18. The normalized spacial score (nSPS) is 21.4. The molecule has 1 unspecified atom stereocenters. The second-order valence-electron chi connectivity index (χ2n) is 4.71. The number of anilines is 1. The minimum Gasteiger partial charge on any atom is -0.383 e. The number of nitrogens with one attached hydrogen (secondary N) is 1. The number of rotatable bonds is 4. The van der Waals surface area contributed by atoms with E-state index in [0.29, 0.717) is 6.04 Å². The van der Waals surface area contributed by atoms with Gasteiger partial charge in [-0.15, -0.1) is 11.8 Å². The van der Waals surface area contributed by atoms with Crippen molar-refractivity contribution in [2.24, 2.45) is 0 Å². The van der Waals surface area contributed by atoms with Crippen molar-refractivity contribution in [2.45, 2.75) is 30.2 Å². The maximum Gasteiger partial charge on any atom is 0.0478 e. The second kappa shape index (κ2) is 6.31. The molecule has 1 aliphatic rings. The van der Waals surface area contributed by atoms with Crippen molar-refractivity contribution in [1.82, 2.24) is 4.90 Å². The Labute approximate surface area is 109 Å². The third kappa shape index (κ3) is 3.39. The Morgan fingerprint density at radius 1 is 1.35 bits per heavy atom. The molecule has 0 aliphatic carbocycles. The highest BCUT2D eigenvalue weighted by molar-refractivity contribution is 7.98. The second-order valence-corrected chi connectivity index (χ2v) is 5.56. The molecule has 0 aromatic heterocycles. The third-order valence-electron chi connectivity index (χ3n) is 3.56. The number of nitrogens with zero attached hydrogens (tertiary/aromatic N) is 1. The molecule has 94 valence electrons. The Hall–Kier alpha value is -0.670. The van der Waals surface area contributed by atoms with Crippen LogP contribution in [0.5, 0.6) is 0 Å². The summed E-state index contributed by atoms with van der Waals surface area (Å²) in [5, 5.41) is 3.60. The van der Waals surface area contributed by atoms with Crippen molar-refractivity contribution in [1.29, 1.82) is 0 Å². The van der Waals surface area contributed by atoms with Gasteiger partial charge in [-0.2, -0.15) is 0 Å². The third-order valence-corrected chi connectivity index (χ3v) is 4.35. The predicted molar refractivity (Wildman–Crippen MR) is 77.0 cm³/mol. The van der Waals surface area contributed by atoms with Crippen LogP contribution in [0.4, 0.5) is 5.69 Å². The van der Waals surface area contributed by atoms with Crippen LogP contribution in [0.1, 0.15) is 19.3 Å². The van der Waals surface area contributed by atoms with Gasteiger partial charge in [0, 0.05) is 23.2 Å². The van der Waals surface area contributed by atoms with Crippen LogP contribution >= 0.6 is 11.8 Å². The molecule has 0 bridgehead atoms. The first kappa shape index (κ1) is 12.8. The maximum atomic E-state index is 3.60. The average Bonchev–Trinajstić information content (AvgIpc) is 2.38. The van der Waals surface area contributed by atoms with E-state index >= 15 is 0 Å². The van der Waals surface area contributed by atoms with Crippen LogP contribution in [0.25, 0.3) is 0 Å². The molecule has 1 heterocycles. The molecule has 1 saturated heterocycles. The molecule has 1 aliphatic heterocycles. The van der Waals surface area contributed by atoms with Crippen molar-refractivity contribution >= 4 is 17.4 Å². The summed E-state index contributed by atoms with van der Waals surface area (Å²) in [6.07, 6.45) is 6.19. The van der Waals surface area contributed by atoms with E-state index in [1.54, 1.807) is 11.8 Å². The van der Waals surface area contributed by atoms with Gasteiger partial charge in [0.25, 0.3) is 0 Å². The molecule has 0 radical (unpaired) electrons. The van der Waals surface area contributed by atoms with Crippen LogP contribution in [-0.2, 0) is 0 Å². The Kier molecular flexibility index (Phi) is 4.75. The van der Waals surface area contributed by atoms with Crippen molar-refractivity contribution < 1.29 is 0 Å². The van der Waals surface area contributed by atoms with Crippen LogP contribution in [0, 0.1) is 0 Å². The van der Waals surface area contributed by atoms with Gasteiger partial charge in [-0.1, -0.05) is 18.6 Å². The quantitative estimate of drug-likeness (QED) is 0.825. The summed E-state index contributed by atoms with van der Waals surface area (Å²) < 4.78 is 0. The molecule has 1 atom stereocenters. The fourth-order valence-corrected chi connectivity index (χ4v) is 3.00. The van der Waals surface area contributed by atoms with Crippen LogP contribution < -0.4 is 5.32 Å². The number of thioether (sulfide) groups is 1. The Bertz CT molecular complexity index is 354. The number of benzene rings is 1. The van der Waals surface area contributed by atoms with Gasteiger partial charge in [-0.05, 0) is 44.8 Å². The van der Waals surface area contributed by atoms with Gasteiger partial charge < -0.3 is 10.2 Å². The van der Waals surface area contributed by atoms with Gasteiger partial charge in [0.1, 0.15) is 0 Å². The summed E-state index contributed by atoms with van der Waals surface area (Å²) in [6, 6.07) is 9.25. The maximum absolute atomic E-state index is 3.60. The molecule has 1 aromatic carbocycles. The molecule has 2 rings (SSSR count). The van der Waals surface area contributed by atoms with Crippen LogP contribution in [0.15, 0.2) is 29.2 Å². The van der Waals surface area contributed by atoms with Gasteiger partial charge in [0.05, 0.1) is 0 Å². The molecule has 3 heteroatoms. The first-order valence-electron chi connectivity index (χ1n) is 6.38. The monoisotopic (exact) mass is 250 g/mol. The summed E-state index contributed by atoms with van der Waals surface area (Å²) in [5.41, 5.74) is 1.28. The summed E-state index contributed by atoms with van der Waals surface area (Å²) in [6.45, 7) is 2.31. The highest BCUT2D eigenvalue weighted by atomic mass is 32.2.